The molecule has 0 amide bonds. The summed E-state index contributed by atoms with van der Waals surface area (Å²) in [6, 6.07) is 4.71. The summed E-state index contributed by atoms with van der Waals surface area (Å²) in [5, 5.41) is 4.09. The van der Waals surface area contributed by atoms with E-state index >= 15 is 0 Å². The molecule has 0 spiro atoms. The molecule has 146 valence electrons. The van der Waals surface area contributed by atoms with Gasteiger partial charge in [0.05, 0.1) is 0 Å². The van der Waals surface area contributed by atoms with Crippen molar-refractivity contribution in [3.8, 4) is 11.5 Å². The van der Waals surface area contributed by atoms with Crippen LogP contribution in [0.3, 0.4) is 0 Å². The average Bonchev–Trinajstić information content (AvgIpc) is 3.05. The van der Waals surface area contributed by atoms with Gasteiger partial charge in [0.2, 0.25) is 0 Å². The van der Waals surface area contributed by atoms with Crippen LogP contribution in [0.4, 0.5) is 5.82 Å². The number of anilines is 1. The lowest BCUT2D eigenvalue weighted by Gasteiger charge is -2.39. The highest BCUT2D eigenvalue weighted by Gasteiger charge is 2.26. The van der Waals surface area contributed by atoms with Crippen LogP contribution in [0.25, 0.3) is 11.5 Å². The topological polar surface area (TPSA) is 58.3 Å². The molecule has 6 heteroatoms. The molecule has 2 aliphatic rings. The van der Waals surface area contributed by atoms with Gasteiger partial charge in [-0.15, -0.1) is 0 Å². The molecular formula is C21H31N5O. The first kappa shape index (κ1) is 18.4. The zero-order valence-corrected chi connectivity index (χ0v) is 16.6. The Labute approximate surface area is 162 Å². The van der Waals surface area contributed by atoms with Crippen molar-refractivity contribution in [2.45, 2.75) is 64.3 Å². The van der Waals surface area contributed by atoms with E-state index in [1.54, 1.807) is 0 Å². The number of aromatic nitrogens is 3. The summed E-state index contributed by atoms with van der Waals surface area (Å²) in [4.78, 5) is 14.3. The van der Waals surface area contributed by atoms with Crippen LogP contribution < -0.4 is 4.90 Å². The van der Waals surface area contributed by atoms with Gasteiger partial charge in [0.1, 0.15) is 5.82 Å². The summed E-state index contributed by atoms with van der Waals surface area (Å²) in [6.07, 6.45) is 9.86. The maximum absolute atomic E-state index is 5.47. The number of hydrogen-bond donors (Lipinski definition) is 0. The minimum Gasteiger partial charge on any atom is -0.355 e. The summed E-state index contributed by atoms with van der Waals surface area (Å²) < 4.78 is 5.47. The van der Waals surface area contributed by atoms with Crippen molar-refractivity contribution in [2.24, 2.45) is 0 Å². The monoisotopic (exact) mass is 369 g/mol. The average molecular weight is 370 g/mol. The van der Waals surface area contributed by atoms with Crippen LogP contribution in [0.5, 0.6) is 0 Å². The Hall–Kier alpha value is -1.95. The SMILES string of the molecule is CC(C)c1noc(-c2ccnc(N3CCCC(N4CCCCCC4)C3)c2)n1. The molecule has 1 atom stereocenters. The lowest BCUT2D eigenvalue weighted by atomic mass is 10.0. The second kappa shape index (κ2) is 8.38. The van der Waals surface area contributed by atoms with E-state index in [4.69, 9.17) is 4.52 Å². The Balaban J connectivity index is 1.49. The van der Waals surface area contributed by atoms with Crippen LogP contribution in [0, 0.1) is 0 Å². The number of rotatable bonds is 4. The zero-order valence-electron chi connectivity index (χ0n) is 16.6. The van der Waals surface area contributed by atoms with Gasteiger partial charge in [-0.2, -0.15) is 4.98 Å². The van der Waals surface area contributed by atoms with Crippen molar-refractivity contribution in [2.75, 3.05) is 31.1 Å². The number of hydrogen-bond acceptors (Lipinski definition) is 6. The molecule has 2 aromatic heterocycles. The van der Waals surface area contributed by atoms with Crippen molar-refractivity contribution >= 4 is 5.82 Å². The standard InChI is InChI=1S/C21H31N5O/c1-16(2)20-23-21(27-24-20)17-9-10-22-19(14-17)26-13-7-8-18(15-26)25-11-5-3-4-6-12-25/h9-10,14,16,18H,3-8,11-13,15H2,1-2H3. The van der Waals surface area contributed by atoms with Crippen LogP contribution in [0.1, 0.15) is 64.1 Å². The minimum absolute atomic E-state index is 0.264. The van der Waals surface area contributed by atoms with Crippen molar-refractivity contribution in [3.63, 3.8) is 0 Å². The lowest BCUT2D eigenvalue weighted by Crippen LogP contribution is -2.48. The van der Waals surface area contributed by atoms with Gasteiger partial charge in [-0.1, -0.05) is 31.8 Å². The quantitative estimate of drug-likeness (QED) is 0.809. The van der Waals surface area contributed by atoms with E-state index in [1.165, 1.54) is 51.6 Å². The summed E-state index contributed by atoms with van der Waals surface area (Å²) in [5.41, 5.74) is 0.955. The van der Waals surface area contributed by atoms with Crippen LogP contribution in [0.15, 0.2) is 22.9 Å². The normalized spacial score (nSPS) is 22.2. The minimum atomic E-state index is 0.264. The van der Waals surface area contributed by atoms with Gasteiger partial charge in [0.25, 0.3) is 5.89 Å². The fraction of sp³-hybridized carbons (Fsp3) is 0.667. The van der Waals surface area contributed by atoms with Crippen molar-refractivity contribution in [1.82, 2.24) is 20.0 Å². The summed E-state index contributed by atoms with van der Waals surface area (Å²) in [5.74, 6) is 2.63. The van der Waals surface area contributed by atoms with Gasteiger partial charge in [0, 0.05) is 36.8 Å². The van der Waals surface area contributed by atoms with E-state index in [1.807, 2.05) is 12.3 Å². The third kappa shape index (κ3) is 4.32. The van der Waals surface area contributed by atoms with Crippen LogP contribution in [-0.4, -0.2) is 52.2 Å². The Morgan fingerprint density at radius 3 is 2.63 bits per heavy atom. The number of pyridine rings is 1. The molecule has 2 aliphatic heterocycles. The predicted octanol–water partition coefficient (Wildman–Crippen LogP) is 4.10. The summed E-state index contributed by atoms with van der Waals surface area (Å²) in [7, 11) is 0. The Morgan fingerprint density at radius 1 is 1.07 bits per heavy atom. The van der Waals surface area contributed by atoms with Crippen LogP contribution in [0.2, 0.25) is 0 Å². The largest absolute Gasteiger partial charge is 0.355 e. The molecule has 0 aliphatic carbocycles. The van der Waals surface area contributed by atoms with Gasteiger partial charge in [-0.3, -0.25) is 4.90 Å². The maximum atomic E-state index is 5.47. The summed E-state index contributed by atoms with van der Waals surface area (Å²) in [6.45, 7) is 8.80. The first-order valence-electron chi connectivity index (χ1n) is 10.5. The zero-order chi connectivity index (χ0) is 18.6. The number of piperidine rings is 1. The maximum Gasteiger partial charge on any atom is 0.258 e. The molecule has 4 rings (SSSR count). The first-order chi connectivity index (χ1) is 13.2. The fourth-order valence-corrected chi connectivity index (χ4v) is 4.23. The molecule has 0 bridgehead atoms. The van der Waals surface area contributed by atoms with Gasteiger partial charge in [-0.05, 0) is 50.9 Å². The highest BCUT2D eigenvalue weighted by molar-refractivity contribution is 5.58. The molecule has 0 radical (unpaired) electrons. The third-order valence-electron chi connectivity index (χ3n) is 5.83. The predicted molar refractivity (Wildman–Crippen MR) is 107 cm³/mol. The van der Waals surface area contributed by atoms with Gasteiger partial charge in [-0.25, -0.2) is 4.98 Å². The molecule has 6 nitrogen and oxygen atoms in total. The first-order valence-corrected chi connectivity index (χ1v) is 10.5. The van der Waals surface area contributed by atoms with E-state index in [0.717, 1.165) is 30.3 Å². The Morgan fingerprint density at radius 2 is 1.89 bits per heavy atom. The van der Waals surface area contributed by atoms with E-state index < -0.39 is 0 Å². The van der Waals surface area contributed by atoms with Crippen molar-refractivity contribution in [1.29, 1.82) is 0 Å². The van der Waals surface area contributed by atoms with E-state index in [-0.39, 0.29) is 5.92 Å². The Kier molecular flexibility index (Phi) is 5.72. The highest BCUT2D eigenvalue weighted by Crippen LogP contribution is 2.27. The fourth-order valence-electron chi connectivity index (χ4n) is 4.23. The van der Waals surface area contributed by atoms with Gasteiger partial charge < -0.3 is 9.42 Å². The van der Waals surface area contributed by atoms with Crippen molar-refractivity contribution < 1.29 is 4.52 Å². The molecule has 0 N–H and O–H groups in total. The van der Waals surface area contributed by atoms with Crippen molar-refractivity contribution in [3.05, 3.63) is 24.2 Å². The molecule has 0 aromatic carbocycles. The smallest absolute Gasteiger partial charge is 0.258 e. The number of nitrogens with zero attached hydrogens (tertiary/aromatic N) is 5. The highest BCUT2D eigenvalue weighted by atomic mass is 16.5. The van der Waals surface area contributed by atoms with Gasteiger partial charge in [0.15, 0.2) is 5.82 Å². The molecular weight excluding hydrogens is 338 g/mol. The second-order valence-electron chi connectivity index (χ2n) is 8.21. The molecule has 27 heavy (non-hydrogen) atoms. The van der Waals surface area contributed by atoms with E-state index in [0.29, 0.717) is 11.9 Å². The van der Waals surface area contributed by atoms with Crippen LogP contribution in [-0.2, 0) is 0 Å². The lowest BCUT2D eigenvalue weighted by molar-refractivity contribution is 0.182. The van der Waals surface area contributed by atoms with E-state index in [2.05, 4.69) is 44.8 Å². The molecule has 2 saturated heterocycles. The summed E-state index contributed by atoms with van der Waals surface area (Å²) >= 11 is 0. The van der Waals surface area contributed by atoms with Crippen LogP contribution >= 0.6 is 0 Å². The molecule has 1 unspecified atom stereocenters. The number of likely N-dealkylation sites (tertiary alicyclic amines) is 1. The van der Waals surface area contributed by atoms with E-state index in [9.17, 15) is 0 Å². The van der Waals surface area contributed by atoms with Gasteiger partial charge >= 0.3 is 0 Å². The molecule has 4 heterocycles. The molecule has 2 fully saturated rings. The molecule has 0 saturated carbocycles. The Bertz CT molecular complexity index is 736. The second-order valence-corrected chi connectivity index (χ2v) is 8.21. The molecule has 2 aromatic rings. The third-order valence-corrected chi connectivity index (χ3v) is 5.83.